The van der Waals surface area contributed by atoms with E-state index in [4.69, 9.17) is 0 Å². The molecular formula is C10H16N2O. The van der Waals surface area contributed by atoms with Crippen LogP contribution in [0, 0.1) is 11.8 Å². The van der Waals surface area contributed by atoms with Gasteiger partial charge in [-0.25, -0.2) is 0 Å². The smallest absolute Gasteiger partial charge is 0.240 e. The lowest BCUT2D eigenvalue weighted by atomic mass is 9.85. The van der Waals surface area contributed by atoms with E-state index in [9.17, 15) is 4.79 Å². The second kappa shape index (κ2) is 2.47. The van der Waals surface area contributed by atoms with Gasteiger partial charge in [0, 0.05) is 13.1 Å². The maximum atomic E-state index is 11.9. The van der Waals surface area contributed by atoms with Crippen molar-refractivity contribution in [2.24, 2.45) is 11.8 Å². The Hall–Kier alpha value is -0.570. The molecule has 3 fully saturated rings. The first kappa shape index (κ1) is 7.80. The zero-order valence-corrected chi connectivity index (χ0v) is 7.81. The maximum Gasteiger partial charge on any atom is 0.240 e. The van der Waals surface area contributed by atoms with E-state index >= 15 is 0 Å². The minimum Gasteiger partial charge on any atom is -0.353 e. The topological polar surface area (TPSA) is 41.1 Å². The molecule has 0 atom stereocenters. The summed E-state index contributed by atoms with van der Waals surface area (Å²) in [5.41, 5.74) is -0.141. The summed E-state index contributed by atoms with van der Waals surface area (Å²) in [4.78, 5) is 11.9. The predicted octanol–water partition coefficient (Wildman–Crippen LogP) is 0.265. The fourth-order valence-corrected chi connectivity index (χ4v) is 2.74. The van der Waals surface area contributed by atoms with Crippen molar-refractivity contribution in [1.82, 2.24) is 10.6 Å². The molecule has 0 aromatic carbocycles. The van der Waals surface area contributed by atoms with Crippen LogP contribution in [0.4, 0.5) is 0 Å². The van der Waals surface area contributed by atoms with Gasteiger partial charge in [0.1, 0.15) is 5.54 Å². The van der Waals surface area contributed by atoms with Gasteiger partial charge in [-0.15, -0.1) is 0 Å². The third kappa shape index (κ3) is 1.03. The summed E-state index contributed by atoms with van der Waals surface area (Å²) in [6.07, 6.45) is 4.99. The fourth-order valence-electron chi connectivity index (χ4n) is 2.74. The lowest BCUT2D eigenvalue weighted by molar-refractivity contribution is -0.131. The van der Waals surface area contributed by atoms with Crippen molar-refractivity contribution >= 4 is 5.91 Å². The minimum absolute atomic E-state index is 0.141. The Labute approximate surface area is 78.3 Å². The molecule has 0 aromatic heterocycles. The lowest BCUT2D eigenvalue weighted by Gasteiger charge is -2.37. The van der Waals surface area contributed by atoms with Gasteiger partial charge in [0.05, 0.1) is 0 Å². The van der Waals surface area contributed by atoms with Gasteiger partial charge in [-0.1, -0.05) is 0 Å². The molecule has 3 aliphatic rings. The summed E-state index contributed by atoms with van der Waals surface area (Å²) in [6.45, 7) is 1.76. The number of hydrogen-bond acceptors (Lipinski definition) is 2. The van der Waals surface area contributed by atoms with Crippen LogP contribution in [0.15, 0.2) is 0 Å². The van der Waals surface area contributed by atoms with Crippen molar-refractivity contribution < 1.29 is 4.79 Å². The van der Waals surface area contributed by atoms with E-state index in [0.717, 1.165) is 13.1 Å². The summed E-state index contributed by atoms with van der Waals surface area (Å²) in [7, 11) is 0. The summed E-state index contributed by atoms with van der Waals surface area (Å²) in [5, 5.41) is 6.51. The van der Waals surface area contributed by atoms with Gasteiger partial charge in [-0.05, 0) is 37.5 Å². The molecule has 1 amide bonds. The van der Waals surface area contributed by atoms with Crippen molar-refractivity contribution in [1.29, 1.82) is 0 Å². The van der Waals surface area contributed by atoms with Gasteiger partial charge < -0.3 is 10.6 Å². The van der Waals surface area contributed by atoms with Crippen molar-refractivity contribution in [3.63, 3.8) is 0 Å². The standard InChI is InChI=1S/C10H16N2O/c13-9-10(7-1-2-7,8-3-4-8)12-6-5-11-9/h7-8,12H,1-6H2,(H,11,13). The van der Waals surface area contributed by atoms with Crippen LogP contribution in [0.5, 0.6) is 0 Å². The summed E-state index contributed by atoms with van der Waals surface area (Å²) in [6, 6.07) is 0. The molecule has 0 bridgehead atoms. The SMILES string of the molecule is O=C1NCCNC1(C1CC1)C1CC1. The van der Waals surface area contributed by atoms with E-state index in [-0.39, 0.29) is 11.4 Å². The average Bonchev–Trinajstić information content (AvgIpc) is 3.01. The molecule has 0 spiro atoms. The highest BCUT2D eigenvalue weighted by molar-refractivity contribution is 5.88. The normalized spacial score (nSPS) is 32.8. The van der Waals surface area contributed by atoms with Crippen LogP contribution < -0.4 is 10.6 Å². The fraction of sp³-hybridized carbons (Fsp3) is 0.900. The van der Waals surface area contributed by atoms with Crippen molar-refractivity contribution in [3.05, 3.63) is 0 Å². The Morgan fingerprint density at radius 2 is 1.69 bits per heavy atom. The monoisotopic (exact) mass is 180 g/mol. The molecule has 0 aromatic rings. The van der Waals surface area contributed by atoms with E-state index in [1.807, 2.05) is 0 Å². The zero-order chi connectivity index (χ0) is 8.89. The second-order valence-corrected chi connectivity index (χ2v) is 4.60. The Kier molecular flexibility index (Phi) is 1.48. The second-order valence-electron chi connectivity index (χ2n) is 4.60. The van der Waals surface area contributed by atoms with Crippen LogP contribution in [-0.4, -0.2) is 24.5 Å². The van der Waals surface area contributed by atoms with Gasteiger partial charge in [-0.3, -0.25) is 4.79 Å². The van der Waals surface area contributed by atoms with Gasteiger partial charge in [0.25, 0.3) is 0 Å². The molecule has 2 saturated carbocycles. The molecule has 0 unspecified atom stereocenters. The van der Waals surface area contributed by atoms with Gasteiger partial charge in [0.15, 0.2) is 0 Å². The molecule has 3 nitrogen and oxygen atoms in total. The number of carbonyl (C=O) groups is 1. The summed E-state index contributed by atoms with van der Waals surface area (Å²) in [5.74, 6) is 1.56. The molecule has 1 saturated heterocycles. The number of rotatable bonds is 2. The Balaban J connectivity index is 1.90. The Morgan fingerprint density at radius 1 is 1.08 bits per heavy atom. The number of piperazine rings is 1. The Bertz CT molecular complexity index is 231. The highest BCUT2D eigenvalue weighted by Crippen LogP contribution is 2.52. The van der Waals surface area contributed by atoms with Gasteiger partial charge in [-0.2, -0.15) is 0 Å². The molecule has 3 rings (SSSR count). The van der Waals surface area contributed by atoms with E-state index in [0.29, 0.717) is 11.8 Å². The number of hydrogen-bond donors (Lipinski definition) is 2. The van der Waals surface area contributed by atoms with E-state index < -0.39 is 0 Å². The van der Waals surface area contributed by atoms with Crippen LogP contribution in [0.3, 0.4) is 0 Å². The minimum atomic E-state index is -0.141. The quantitative estimate of drug-likeness (QED) is 0.640. The van der Waals surface area contributed by atoms with Crippen molar-refractivity contribution in [2.75, 3.05) is 13.1 Å². The van der Waals surface area contributed by atoms with Crippen LogP contribution in [0.1, 0.15) is 25.7 Å². The first-order valence-corrected chi connectivity index (χ1v) is 5.37. The van der Waals surface area contributed by atoms with Gasteiger partial charge >= 0.3 is 0 Å². The molecule has 72 valence electrons. The molecule has 1 aliphatic heterocycles. The molecule has 1 heterocycles. The summed E-state index contributed by atoms with van der Waals surface area (Å²) < 4.78 is 0. The maximum absolute atomic E-state index is 11.9. The molecule has 2 N–H and O–H groups in total. The summed E-state index contributed by atoms with van der Waals surface area (Å²) >= 11 is 0. The van der Waals surface area contributed by atoms with Crippen LogP contribution in [0.2, 0.25) is 0 Å². The van der Waals surface area contributed by atoms with Gasteiger partial charge in [0.2, 0.25) is 5.91 Å². The molecular weight excluding hydrogens is 164 g/mol. The molecule has 0 radical (unpaired) electrons. The van der Waals surface area contributed by atoms with E-state index in [2.05, 4.69) is 10.6 Å². The third-order valence-corrected chi connectivity index (χ3v) is 3.65. The highest BCUT2D eigenvalue weighted by atomic mass is 16.2. The van der Waals surface area contributed by atoms with Crippen LogP contribution in [-0.2, 0) is 4.79 Å². The number of carbonyl (C=O) groups excluding carboxylic acids is 1. The number of nitrogens with one attached hydrogen (secondary N) is 2. The van der Waals surface area contributed by atoms with E-state index in [1.54, 1.807) is 0 Å². The average molecular weight is 180 g/mol. The largest absolute Gasteiger partial charge is 0.353 e. The third-order valence-electron chi connectivity index (χ3n) is 3.65. The molecule has 2 aliphatic carbocycles. The van der Waals surface area contributed by atoms with E-state index in [1.165, 1.54) is 25.7 Å². The predicted molar refractivity (Wildman–Crippen MR) is 49.2 cm³/mol. The highest BCUT2D eigenvalue weighted by Gasteiger charge is 2.59. The van der Waals surface area contributed by atoms with Crippen LogP contribution in [0.25, 0.3) is 0 Å². The van der Waals surface area contributed by atoms with Crippen molar-refractivity contribution in [2.45, 2.75) is 31.2 Å². The lowest BCUT2D eigenvalue weighted by Crippen LogP contribution is -2.65. The number of amides is 1. The molecule has 3 heteroatoms. The zero-order valence-electron chi connectivity index (χ0n) is 7.81. The molecule has 13 heavy (non-hydrogen) atoms. The van der Waals surface area contributed by atoms with Crippen LogP contribution >= 0.6 is 0 Å². The first-order chi connectivity index (χ1) is 6.34. The van der Waals surface area contributed by atoms with Crippen molar-refractivity contribution in [3.8, 4) is 0 Å². The Morgan fingerprint density at radius 3 is 2.15 bits per heavy atom. The first-order valence-electron chi connectivity index (χ1n) is 5.37.